The Hall–Kier alpha value is -2.80. The average Bonchev–Trinajstić information content (AvgIpc) is 3.37. The zero-order chi connectivity index (χ0) is 26.2. The number of nitrogens with zero attached hydrogens (tertiary/aromatic N) is 4. The Labute approximate surface area is 223 Å². The summed E-state index contributed by atoms with van der Waals surface area (Å²) in [5, 5.41) is 7.70. The Morgan fingerprint density at radius 1 is 1.08 bits per heavy atom. The van der Waals surface area contributed by atoms with Gasteiger partial charge in [-0.25, -0.2) is 4.98 Å². The lowest BCUT2D eigenvalue weighted by Gasteiger charge is -2.37. The smallest absolute Gasteiger partial charge is 0.229 e. The lowest BCUT2D eigenvalue weighted by atomic mass is 10.0. The maximum atomic E-state index is 12.8. The molecule has 3 heterocycles. The van der Waals surface area contributed by atoms with E-state index in [9.17, 15) is 4.57 Å². The normalized spacial score (nSPS) is 16.0. The summed E-state index contributed by atoms with van der Waals surface area (Å²) in [5.74, 6) is 1.71. The monoisotopic (exact) mass is 540 g/mol. The van der Waals surface area contributed by atoms with Crippen LogP contribution >= 0.6 is 18.7 Å². The molecule has 196 valence electrons. The molecule has 3 aromatic rings. The first-order valence-corrected chi connectivity index (χ1v) is 15.6. The Kier molecular flexibility index (Phi) is 7.35. The van der Waals surface area contributed by atoms with E-state index in [0.29, 0.717) is 35.1 Å². The maximum Gasteiger partial charge on any atom is 0.229 e. The third kappa shape index (κ3) is 5.57. The summed E-state index contributed by atoms with van der Waals surface area (Å²) in [7, 11) is 1.83. The van der Waals surface area contributed by atoms with Gasteiger partial charge in [0.25, 0.3) is 0 Å². The third-order valence-electron chi connectivity index (χ3n) is 7.10. The summed E-state index contributed by atoms with van der Waals surface area (Å²) in [6.07, 6.45) is 4.76. The summed E-state index contributed by atoms with van der Waals surface area (Å²) in [4.78, 5) is 13.8. The van der Waals surface area contributed by atoms with Gasteiger partial charge in [-0.1, -0.05) is 23.7 Å². The molecule has 0 bridgehead atoms. The molecule has 2 aliphatic heterocycles. The minimum atomic E-state index is -2.50. The van der Waals surface area contributed by atoms with E-state index in [4.69, 9.17) is 16.3 Å². The van der Waals surface area contributed by atoms with E-state index >= 15 is 0 Å². The fourth-order valence-electron chi connectivity index (χ4n) is 5.11. The van der Waals surface area contributed by atoms with Crippen molar-refractivity contribution in [1.29, 1.82) is 0 Å². The van der Waals surface area contributed by atoms with Gasteiger partial charge in [0.05, 0.1) is 24.2 Å². The highest BCUT2D eigenvalue weighted by Crippen LogP contribution is 2.42. The van der Waals surface area contributed by atoms with Crippen LogP contribution in [0.5, 0.6) is 5.75 Å². The summed E-state index contributed by atoms with van der Waals surface area (Å²) in [5.41, 5.74) is 4.04. The second-order valence-corrected chi connectivity index (χ2v) is 13.8. The van der Waals surface area contributed by atoms with Crippen molar-refractivity contribution in [3.05, 3.63) is 53.2 Å². The molecule has 2 aliphatic rings. The highest BCUT2D eigenvalue weighted by Gasteiger charge is 2.27. The molecule has 5 rings (SSSR count). The number of piperidine rings is 1. The van der Waals surface area contributed by atoms with Crippen LogP contribution in [-0.4, -0.2) is 68.0 Å². The minimum absolute atomic E-state index is 0.375. The Balaban J connectivity index is 1.38. The fourth-order valence-corrected chi connectivity index (χ4v) is 6.40. The predicted molar refractivity (Wildman–Crippen MR) is 154 cm³/mol. The summed E-state index contributed by atoms with van der Waals surface area (Å²) in [6, 6.07) is 12.4. The van der Waals surface area contributed by atoms with Crippen LogP contribution in [0.4, 0.5) is 28.8 Å². The standard InChI is InChI=1S/C27H34ClN6O2P/c1-33(2)18-11-14-34(15-12-18)23-10-9-22(25-19(23)13-16-36-25)31-27-29-17-20(28)26(32-27)30-21-7-5-6-8-24(21)37(3,4)35/h5-10,17-18H,11-16H2,1-4H3,(H2,29,30,31,32). The number of nitrogens with one attached hydrogen (secondary N) is 2. The van der Waals surface area contributed by atoms with Gasteiger partial charge in [-0.3, -0.25) is 0 Å². The van der Waals surface area contributed by atoms with E-state index in [-0.39, 0.29) is 0 Å². The van der Waals surface area contributed by atoms with Crippen molar-refractivity contribution in [2.45, 2.75) is 25.3 Å². The average molecular weight is 541 g/mol. The molecule has 0 aliphatic carbocycles. The number of aromatic nitrogens is 2. The van der Waals surface area contributed by atoms with Crippen LogP contribution in [0.25, 0.3) is 0 Å². The van der Waals surface area contributed by atoms with Gasteiger partial charge in [0.15, 0.2) is 5.82 Å². The lowest BCUT2D eigenvalue weighted by Crippen LogP contribution is -2.42. The molecule has 0 spiro atoms. The first-order chi connectivity index (χ1) is 17.7. The number of halogens is 1. The van der Waals surface area contributed by atoms with E-state index in [1.807, 2.05) is 30.3 Å². The molecule has 1 fully saturated rings. The summed E-state index contributed by atoms with van der Waals surface area (Å²) >= 11 is 6.43. The number of hydrogen-bond donors (Lipinski definition) is 2. The fraction of sp³-hybridized carbons (Fsp3) is 0.407. The summed E-state index contributed by atoms with van der Waals surface area (Å²) in [6.45, 7) is 6.24. The largest absolute Gasteiger partial charge is 0.491 e. The molecule has 2 aromatic carbocycles. The molecule has 0 unspecified atom stereocenters. The zero-order valence-corrected chi connectivity index (χ0v) is 23.4. The van der Waals surface area contributed by atoms with Gasteiger partial charge < -0.3 is 29.7 Å². The number of rotatable bonds is 7. The molecule has 0 radical (unpaired) electrons. The highest BCUT2D eigenvalue weighted by atomic mass is 35.5. The predicted octanol–water partition coefficient (Wildman–Crippen LogP) is 5.33. The maximum absolute atomic E-state index is 12.8. The van der Waals surface area contributed by atoms with Crippen molar-refractivity contribution in [3.8, 4) is 5.75 Å². The second kappa shape index (κ2) is 10.5. The minimum Gasteiger partial charge on any atom is -0.491 e. The van der Waals surface area contributed by atoms with Crippen LogP contribution in [0.2, 0.25) is 5.02 Å². The van der Waals surface area contributed by atoms with E-state index in [2.05, 4.69) is 50.6 Å². The van der Waals surface area contributed by atoms with Gasteiger partial charge in [0.2, 0.25) is 5.95 Å². The molecule has 1 aromatic heterocycles. The van der Waals surface area contributed by atoms with Crippen molar-refractivity contribution >= 4 is 52.9 Å². The van der Waals surface area contributed by atoms with Crippen LogP contribution in [0.1, 0.15) is 18.4 Å². The number of anilines is 5. The van der Waals surface area contributed by atoms with Crippen LogP contribution in [0.15, 0.2) is 42.6 Å². The van der Waals surface area contributed by atoms with Gasteiger partial charge in [-0.2, -0.15) is 4.98 Å². The lowest BCUT2D eigenvalue weighted by molar-refractivity contribution is 0.249. The highest BCUT2D eigenvalue weighted by molar-refractivity contribution is 7.70. The van der Waals surface area contributed by atoms with Gasteiger partial charge in [-0.15, -0.1) is 0 Å². The van der Waals surface area contributed by atoms with Crippen molar-refractivity contribution in [3.63, 3.8) is 0 Å². The quantitative estimate of drug-likeness (QED) is 0.389. The molecular weight excluding hydrogens is 507 g/mol. The van der Waals surface area contributed by atoms with Gasteiger partial charge in [0.1, 0.15) is 17.9 Å². The van der Waals surface area contributed by atoms with E-state index in [1.54, 1.807) is 19.5 Å². The topological polar surface area (TPSA) is 82.6 Å². The molecule has 10 heteroatoms. The van der Waals surface area contributed by atoms with Gasteiger partial charge in [0, 0.05) is 42.1 Å². The molecule has 2 N–H and O–H groups in total. The molecule has 0 atom stereocenters. The molecule has 0 amide bonds. The Morgan fingerprint density at radius 2 is 1.84 bits per heavy atom. The second-order valence-electron chi connectivity index (χ2n) is 10.2. The van der Waals surface area contributed by atoms with Crippen molar-refractivity contribution < 1.29 is 9.30 Å². The van der Waals surface area contributed by atoms with Crippen molar-refractivity contribution in [1.82, 2.24) is 14.9 Å². The van der Waals surface area contributed by atoms with E-state index < -0.39 is 7.14 Å². The van der Waals surface area contributed by atoms with E-state index in [1.165, 1.54) is 11.3 Å². The number of para-hydroxylation sites is 1. The SMILES string of the molecule is CN(C)C1CCN(c2ccc(Nc3ncc(Cl)c(Nc4ccccc4P(C)(C)=O)n3)c3c2CCO3)CC1. The number of ether oxygens (including phenoxy) is 1. The van der Waals surface area contributed by atoms with Gasteiger partial charge >= 0.3 is 0 Å². The van der Waals surface area contributed by atoms with Crippen LogP contribution < -0.4 is 25.6 Å². The number of benzene rings is 2. The van der Waals surface area contributed by atoms with Crippen molar-refractivity contribution in [2.75, 3.05) is 62.7 Å². The van der Waals surface area contributed by atoms with Crippen LogP contribution in [0.3, 0.4) is 0 Å². The summed E-state index contributed by atoms with van der Waals surface area (Å²) < 4.78 is 18.8. The Bertz CT molecular complexity index is 1340. The molecular formula is C27H34ClN6O2P. The third-order valence-corrected chi connectivity index (χ3v) is 8.92. The Morgan fingerprint density at radius 3 is 2.57 bits per heavy atom. The zero-order valence-electron chi connectivity index (χ0n) is 21.8. The first-order valence-electron chi connectivity index (χ1n) is 12.6. The molecule has 8 nitrogen and oxygen atoms in total. The van der Waals surface area contributed by atoms with Crippen molar-refractivity contribution in [2.24, 2.45) is 0 Å². The number of fused-ring (bicyclic) bond motifs is 1. The molecule has 0 saturated carbocycles. The van der Waals surface area contributed by atoms with E-state index in [0.717, 1.165) is 49.1 Å². The van der Waals surface area contributed by atoms with Gasteiger partial charge in [-0.05, 0) is 64.5 Å². The first kappa shape index (κ1) is 25.8. The number of hydrogen-bond acceptors (Lipinski definition) is 8. The van der Waals surface area contributed by atoms with Crippen LogP contribution in [-0.2, 0) is 11.0 Å². The molecule has 37 heavy (non-hydrogen) atoms. The molecule has 1 saturated heterocycles. The van der Waals surface area contributed by atoms with Crippen LogP contribution in [0, 0.1) is 0 Å².